The number of rotatable bonds is 5. The van der Waals surface area contributed by atoms with Crippen LogP contribution in [0.15, 0.2) is 0 Å². The molecule has 1 saturated heterocycles. The lowest BCUT2D eigenvalue weighted by Crippen LogP contribution is -2.46. The molecule has 1 aromatic rings. The van der Waals surface area contributed by atoms with Crippen molar-refractivity contribution in [3.63, 3.8) is 0 Å². The molecule has 24 heavy (non-hydrogen) atoms. The number of anilines is 1. The van der Waals surface area contributed by atoms with Crippen LogP contribution >= 0.6 is 11.3 Å². The summed E-state index contributed by atoms with van der Waals surface area (Å²) < 4.78 is 0. The molecule has 7 heteroatoms. The highest BCUT2D eigenvalue weighted by Gasteiger charge is 2.37. The highest BCUT2D eigenvalue weighted by atomic mass is 32.1. The van der Waals surface area contributed by atoms with E-state index in [4.69, 9.17) is 0 Å². The molecule has 1 unspecified atom stereocenters. The smallest absolute Gasteiger partial charge is 0.249 e. The lowest BCUT2D eigenvalue weighted by Gasteiger charge is -2.29. The van der Waals surface area contributed by atoms with Gasteiger partial charge in [0.1, 0.15) is 11.0 Å². The van der Waals surface area contributed by atoms with Gasteiger partial charge < -0.3 is 4.90 Å². The Morgan fingerprint density at radius 3 is 2.71 bits per heavy atom. The van der Waals surface area contributed by atoms with Crippen LogP contribution in [-0.4, -0.2) is 39.5 Å². The number of nitrogens with zero attached hydrogens (tertiary/aromatic N) is 3. The van der Waals surface area contributed by atoms with Crippen molar-refractivity contribution in [2.24, 2.45) is 5.92 Å². The molecule has 0 bridgehead atoms. The maximum Gasteiger partial charge on any atom is 0.249 e. The predicted octanol–water partition coefficient (Wildman–Crippen LogP) is 3.00. The van der Waals surface area contributed by atoms with Crippen LogP contribution in [0.5, 0.6) is 0 Å². The van der Waals surface area contributed by atoms with Gasteiger partial charge in [-0.05, 0) is 32.1 Å². The summed E-state index contributed by atoms with van der Waals surface area (Å²) >= 11 is 1.42. The lowest BCUT2D eigenvalue weighted by molar-refractivity contribution is -0.141. The van der Waals surface area contributed by atoms with Gasteiger partial charge in [-0.25, -0.2) is 0 Å². The van der Waals surface area contributed by atoms with Gasteiger partial charge >= 0.3 is 0 Å². The zero-order valence-corrected chi connectivity index (χ0v) is 15.1. The van der Waals surface area contributed by atoms with Gasteiger partial charge in [0.2, 0.25) is 16.9 Å². The molecule has 2 fully saturated rings. The maximum atomic E-state index is 12.8. The van der Waals surface area contributed by atoms with E-state index in [-0.39, 0.29) is 23.8 Å². The molecular formula is C17H26N4O2S. The van der Waals surface area contributed by atoms with E-state index < -0.39 is 0 Å². The molecule has 1 aliphatic heterocycles. The third-order valence-corrected chi connectivity index (χ3v) is 5.85. The first-order chi connectivity index (χ1) is 11.7. The summed E-state index contributed by atoms with van der Waals surface area (Å²) in [6, 6.07) is -0.349. The van der Waals surface area contributed by atoms with Crippen molar-refractivity contribution < 1.29 is 9.59 Å². The molecular weight excluding hydrogens is 324 g/mol. The topological polar surface area (TPSA) is 75.2 Å². The number of likely N-dealkylation sites (tertiary alicyclic amines) is 1. The average molecular weight is 350 g/mol. The first-order valence-corrected chi connectivity index (χ1v) is 9.94. The number of carbonyl (C=O) groups excluding carboxylic acids is 2. The molecule has 0 aromatic carbocycles. The summed E-state index contributed by atoms with van der Waals surface area (Å²) in [5.41, 5.74) is 0. The van der Waals surface area contributed by atoms with Gasteiger partial charge in [0.25, 0.3) is 0 Å². The van der Waals surface area contributed by atoms with Crippen LogP contribution in [0.3, 0.4) is 0 Å². The molecule has 0 spiro atoms. The SMILES string of the molecule is CCCc1nnc(NC(=O)C2CCCN2C(=O)C2CCCCC2)s1. The van der Waals surface area contributed by atoms with Crippen LogP contribution in [0.1, 0.15) is 63.3 Å². The minimum absolute atomic E-state index is 0.115. The molecule has 132 valence electrons. The second-order valence-corrected chi connectivity index (χ2v) is 7.83. The van der Waals surface area contributed by atoms with E-state index >= 15 is 0 Å². The zero-order valence-electron chi connectivity index (χ0n) is 14.3. The second-order valence-electron chi connectivity index (χ2n) is 6.76. The third kappa shape index (κ3) is 3.94. The van der Waals surface area contributed by atoms with E-state index in [1.165, 1.54) is 17.8 Å². The summed E-state index contributed by atoms with van der Waals surface area (Å²) in [6.07, 6.45) is 8.96. The van der Waals surface area contributed by atoms with Gasteiger partial charge in [-0.2, -0.15) is 0 Å². The summed E-state index contributed by atoms with van der Waals surface area (Å²) in [5.74, 6) is 0.178. The van der Waals surface area contributed by atoms with E-state index in [1.807, 2.05) is 0 Å². The maximum absolute atomic E-state index is 12.8. The van der Waals surface area contributed by atoms with E-state index in [0.29, 0.717) is 11.7 Å². The Morgan fingerprint density at radius 2 is 1.96 bits per heavy atom. The van der Waals surface area contributed by atoms with Crippen LogP contribution in [-0.2, 0) is 16.0 Å². The van der Waals surface area contributed by atoms with Crippen molar-refractivity contribution >= 4 is 28.3 Å². The third-order valence-electron chi connectivity index (χ3n) is 4.95. The highest BCUT2D eigenvalue weighted by molar-refractivity contribution is 7.15. The molecule has 2 amide bonds. The van der Waals surface area contributed by atoms with Crippen molar-refractivity contribution in [3.8, 4) is 0 Å². The second kappa shape index (κ2) is 8.05. The summed E-state index contributed by atoms with van der Waals surface area (Å²) in [5, 5.41) is 12.5. The first-order valence-electron chi connectivity index (χ1n) is 9.12. The number of aromatic nitrogens is 2. The molecule has 0 radical (unpaired) electrons. The minimum Gasteiger partial charge on any atom is -0.330 e. The predicted molar refractivity (Wildman–Crippen MR) is 93.8 cm³/mol. The number of carbonyl (C=O) groups is 2. The van der Waals surface area contributed by atoms with Gasteiger partial charge in [-0.3, -0.25) is 14.9 Å². The van der Waals surface area contributed by atoms with Crippen LogP contribution in [0, 0.1) is 5.92 Å². The van der Waals surface area contributed by atoms with Crippen molar-refractivity contribution in [1.82, 2.24) is 15.1 Å². The fraction of sp³-hybridized carbons (Fsp3) is 0.765. The number of nitrogens with one attached hydrogen (secondary N) is 1. The van der Waals surface area contributed by atoms with Gasteiger partial charge in [-0.1, -0.05) is 37.5 Å². The summed E-state index contributed by atoms with van der Waals surface area (Å²) in [6.45, 7) is 2.79. The van der Waals surface area contributed by atoms with E-state index in [1.54, 1.807) is 4.90 Å². The van der Waals surface area contributed by atoms with Crippen LogP contribution < -0.4 is 5.32 Å². The monoisotopic (exact) mass is 350 g/mol. The van der Waals surface area contributed by atoms with Crippen molar-refractivity contribution in [3.05, 3.63) is 5.01 Å². The first kappa shape index (κ1) is 17.3. The molecule has 2 aliphatic rings. The molecule has 1 atom stereocenters. The Morgan fingerprint density at radius 1 is 1.17 bits per heavy atom. The minimum atomic E-state index is -0.349. The van der Waals surface area contributed by atoms with E-state index in [9.17, 15) is 9.59 Å². The molecule has 2 heterocycles. The molecule has 3 rings (SSSR count). The van der Waals surface area contributed by atoms with Crippen molar-refractivity contribution in [2.75, 3.05) is 11.9 Å². The fourth-order valence-corrected chi connectivity index (χ4v) is 4.54. The Bertz CT molecular complexity index is 583. The summed E-state index contributed by atoms with van der Waals surface area (Å²) in [7, 11) is 0. The Labute approximate surface area is 147 Å². The highest BCUT2D eigenvalue weighted by Crippen LogP contribution is 2.29. The number of hydrogen-bond donors (Lipinski definition) is 1. The normalized spacial score (nSPS) is 21.9. The van der Waals surface area contributed by atoms with Gasteiger partial charge in [0, 0.05) is 18.9 Å². The Balaban J connectivity index is 1.61. The average Bonchev–Trinajstić information content (AvgIpc) is 3.25. The molecule has 6 nitrogen and oxygen atoms in total. The van der Waals surface area contributed by atoms with Crippen LogP contribution in [0.25, 0.3) is 0 Å². The van der Waals surface area contributed by atoms with E-state index in [0.717, 1.165) is 56.4 Å². The Hall–Kier alpha value is -1.50. The quantitative estimate of drug-likeness (QED) is 0.886. The number of hydrogen-bond acceptors (Lipinski definition) is 5. The number of amides is 2. The molecule has 1 aromatic heterocycles. The van der Waals surface area contributed by atoms with E-state index in [2.05, 4.69) is 22.4 Å². The standard InChI is InChI=1S/C17H26N4O2S/c1-2-7-14-19-20-17(24-14)18-15(22)13-10-6-11-21(13)16(23)12-8-4-3-5-9-12/h12-13H,2-11H2,1H3,(H,18,20,22). The van der Waals surface area contributed by atoms with Crippen molar-refractivity contribution in [1.29, 1.82) is 0 Å². The zero-order chi connectivity index (χ0) is 16.9. The molecule has 1 aliphatic carbocycles. The molecule has 1 saturated carbocycles. The largest absolute Gasteiger partial charge is 0.330 e. The lowest BCUT2D eigenvalue weighted by atomic mass is 9.88. The summed E-state index contributed by atoms with van der Waals surface area (Å²) in [4.78, 5) is 27.2. The van der Waals surface area contributed by atoms with Gasteiger partial charge in [-0.15, -0.1) is 10.2 Å². The van der Waals surface area contributed by atoms with Gasteiger partial charge in [0.15, 0.2) is 0 Å². The molecule has 1 N–H and O–H groups in total. The van der Waals surface area contributed by atoms with Crippen molar-refractivity contribution in [2.45, 2.75) is 70.8 Å². The fourth-order valence-electron chi connectivity index (χ4n) is 3.69. The van der Waals surface area contributed by atoms with Gasteiger partial charge in [0.05, 0.1) is 0 Å². The van der Waals surface area contributed by atoms with Crippen LogP contribution in [0.4, 0.5) is 5.13 Å². The van der Waals surface area contributed by atoms with Crippen LogP contribution in [0.2, 0.25) is 0 Å². The Kier molecular flexibility index (Phi) is 5.81. The number of aryl methyl sites for hydroxylation is 1.